The van der Waals surface area contributed by atoms with Crippen LogP contribution in [0.1, 0.15) is 12.8 Å². The van der Waals surface area contributed by atoms with Gasteiger partial charge in [0.25, 0.3) is 0 Å². The molecule has 0 aromatic rings. The molecule has 0 radical (unpaired) electrons. The summed E-state index contributed by atoms with van der Waals surface area (Å²) in [4.78, 5) is 0. The number of piperidine rings is 1. The van der Waals surface area contributed by atoms with E-state index in [2.05, 4.69) is 10.6 Å². The molecule has 2 aliphatic heterocycles. The summed E-state index contributed by atoms with van der Waals surface area (Å²) >= 11 is 0. The van der Waals surface area contributed by atoms with Crippen LogP contribution in [0, 0.1) is 5.92 Å². The molecule has 2 heterocycles. The minimum Gasteiger partial charge on any atom is -0.315 e. The lowest BCUT2D eigenvalue weighted by Crippen LogP contribution is -2.40. The molecule has 2 aliphatic rings. The molecule has 2 unspecified atom stereocenters. The van der Waals surface area contributed by atoms with Crippen LogP contribution < -0.4 is 10.6 Å². The van der Waals surface area contributed by atoms with Crippen LogP contribution in [-0.2, 0) is 0 Å². The first-order valence-corrected chi connectivity index (χ1v) is 3.91. The standard InChI is InChI=1S/C7H14N2/c1-2-6-4-8-5-7(6)9-3-1/h6-9H,1-5H2. The first kappa shape index (κ1) is 5.69. The van der Waals surface area contributed by atoms with Crippen molar-refractivity contribution >= 4 is 0 Å². The quantitative estimate of drug-likeness (QED) is 0.476. The van der Waals surface area contributed by atoms with Crippen molar-refractivity contribution in [1.82, 2.24) is 10.6 Å². The van der Waals surface area contributed by atoms with Crippen molar-refractivity contribution in [3.8, 4) is 0 Å². The summed E-state index contributed by atoms with van der Waals surface area (Å²) in [5.74, 6) is 0.943. The number of hydrogen-bond donors (Lipinski definition) is 2. The molecule has 2 rings (SSSR count). The van der Waals surface area contributed by atoms with Gasteiger partial charge >= 0.3 is 0 Å². The summed E-state index contributed by atoms with van der Waals surface area (Å²) in [7, 11) is 0. The molecule has 0 aromatic carbocycles. The maximum absolute atomic E-state index is 3.52. The van der Waals surface area contributed by atoms with Gasteiger partial charge in [0.2, 0.25) is 0 Å². The minimum absolute atomic E-state index is 0.804. The van der Waals surface area contributed by atoms with Gasteiger partial charge in [-0.15, -0.1) is 0 Å². The molecule has 2 saturated heterocycles. The molecule has 9 heavy (non-hydrogen) atoms. The molecule has 52 valence electrons. The van der Waals surface area contributed by atoms with E-state index in [4.69, 9.17) is 0 Å². The lowest BCUT2D eigenvalue weighted by atomic mass is 9.94. The Morgan fingerprint density at radius 3 is 3.11 bits per heavy atom. The Morgan fingerprint density at radius 1 is 1.22 bits per heavy atom. The number of rotatable bonds is 0. The summed E-state index contributed by atoms with van der Waals surface area (Å²) < 4.78 is 0. The fraction of sp³-hybridized carbons (Fsp3) is 1.00. The molecular weight excluding hydrogens is 112 g/mol. The Morgan fingerprint density at radius 2 is 2.22 bits per heavy atom. The van der Waals surface area contributed by atoms with Crippen LogP contribution in [0.15, 0.2) is 0 Å². The van der Waals surface area contributed by atoms with Gasteiger partial charge in [-0.05, 0) is 31.8 Å². The largest absolute Gasteiger partial charge is 0.315 e. The van der Waals surface area contributed by atoms with Gasteiger partial charge in [-0.25, -0.2) is 0 Å². The van der Waals surface area contributed by atoms with E-state index in [1.807, 2.05) is 0 Å². The second kappa shape index (κ2) is 2.27. The van der Waals surface area contributed by atoms with E-state index in [9.17, 15) is 0 Å². The van der Waals surface area contributed by atoms with Gasteiger partial charge in [-0.2, -0.15) is 0 Å². The van der Waals surface area contributed by atoms with Crippen molar-refractivity contribution in [3.05, 3.63) is 0 Å². The molecule has 0 aromatic heterocycles. The Kier molecular flexibility index (Phi) is 1.44. The summed E-state index contributed by atoms with van der Waals surface area (Å²) in [5, 5.41) is 6.92. The topological polar surface area (TPSA) is 24.1 Å². The van der Waals surface area contributed by atoms with E-state index in [0.717, 1.165) is 12.0 Å². The van der Waals surface area contributed by atoms with Crippen LogP contribution >= 0.6 is 0 Å². The highest BCUT2D eigenvalue weighted by molar-refractivity contribution is 4.89. The van der Waals surface area contributed by atoms with Crippen LogP contribution in [0.2, 0.25) is 0 Å². The van der Waals surface area contributed by atoms with Gasteiger partial charge in [-0.3, -0.25) is 0 Å². The fourth-order valence-corrected chi connectivity index (χ4v) is 1.93. The number of fused-ring (bicyclic) bond motifs is 1. The highest BCUT2D eigenvalue weighted by Gasteiger charge is 2.28. The number of hydrogen-bond acceptors (Lipinski definition) is 2. The lowest BCUT2D eigenvalue weighted by molar-refractivity contribution is 0.339. The predicted molar refractivity (Wildman–Crippen MR) is 37.4 cm³/mol. The van der Waals surface area contributed by atoms with Crippen LogP contribution in [0.25, 0.3) is 0 Å². The summed E-state index contributed by atoms with van der Waals surface area (Å²) in [6.07, 6.45) is 2.81. The molecule has 0 spiro atoms. The predicted octanol–water partition coefficient (Wildman–Crippen LogP) is -0.0422. The molecule has 0 amide bonds. The average Bonchev–Trinajstić information content (AvgIpc) is 2.33. The van der Waals surface area contributed by atoms with Gasteiger partial charge in [0.15, 0.2) is 0 Å². The van der Waals surface area contributed by atoms with Gasteiger partial charge in [0.05, 0.1) is 0 Å². The fourth-order valence-electron chi connectivity index (χ4n) is 1.93. The van der Waals surface area contributed by atoms with Gasteiger partial charge in [0.1, 0.15) is 0 Å². The molecular formula is C7H14N2. The van der Waals surface area contributed by atoms with Crippen molar-refractivity contribution in [3.63, 3.8) is 0 Å². The van der Waals surface area contributed by atoms with Crippen LogP contribution in [-0.4, -0.2) is 25.7 Å². The molecule has 0 saturated carbocycles. The first-order chi connectivity index (χ1) is 4.47. The maximum atomic E-state index is 3.52. The van der Waals surface area contributed by atoms with Crippen molar-refractivity contribution in [2.24, 2.45) is 5.92 Å². The van der Waals surface area contributed by atoms with Crippen LogP contribution in [0.3, 0.4) is 0 Å². The Hall–Kier alpha value is -0.0800. The first-order valence-electron chi connectivity index (χ1n) is 3.91. The third-order valence-corrected chi connectivity index (χ3v) is 2.50. The molecule has 2 N–H and O–H groups in total. The molecule has 0 aliphatic carbocycles. The van der Waals surface area contributed by atoms with Gasteiger partial charge in [0, 0.05) is 12.6 Å². The van der Waals surface area contributed by atoms with E-state index < -0.39 is 0 Å². The molecule has 2 atom stereocenters. The summed E-state index contributed by atoms with van der Waals surface area (Å²) in [6.45, 7) is 3.69. The SMILES string of the molecule is C1CNC2CNCC2C1. The van der Waals surface area contributed by atoms with E-state index in [1.165, 1.54) is 32.5 Å². The average molecular weight is 126 g/mol. The normalized spacial score (nSPS) is 42.7. The van der Waals surface area contributed by atoms with Crippen molar-refractivity contribution < 1.29 is 0 Å². The third kappa shape index (κ3) is 0.970. The van der Waals surface area contributed by atoms with Crippen molar-refractivity contribution in [2.45, 2.75) is 18.9 Å². The second-order valence-corrected chi connectivity index (χ2v) is 3.12. The lowest BCUT2D eigenvalue weighted by Gasteiger charge is -2.24. The summed E-state index contributed by atoms with van der Waals surface area (Å²) in [6, 6.07) is 0.804. The Labute approximate surface area is 56.0 Å². The zero-order valence-electron chi connectivity index (χ0n) is 5.69. The number of nitrogens with one attached hydrogen (secondary N) is 2. The van der Waals surface area contributed by atoms with Gasteiger partial charge in [-0.1, -0.05) is 0 Å². The molecule has 0 bridgehead atoms. The van der Waals surface area contributed by atoms with Gasteiger partial charge < -0.3 is 10.6 Å². The molecule has 2 heteroatoms. The zero-order chi connectivity index (χ0) is 6.10. The van der Waals surface area contributed by atoms with Crippen LogP contribution in [0.5, 0.6) is 0 Å². The Bertz CT molecular complexity index is 91.1. The van der Waals surface area contributed by atoms with E-state index in [1.54, 1.807) is 0 Å². The zero-order valence-corrected chi connectivity index (χ0v) is 5.69. The van der Waals surface area contributed by atoms with Crippen LogP contribution in [0.4, 0.5) is 0 Å². The summed E-state index contributed by atoms with van der Waals surface area (Å²) in [5.41, 5.74) is 0. The second-order valence-electron chi connectivity index (χ2n) is 3.12. The smallest absolute Gasteiger partial charge is 0.0232 e. The van der Waals surface area contributed by atoms with E-state index in [0.29, 0.717) is 0 Å². The molecule has 2 fully saturated rings. The monoisotopic (exact) mass is 126 g/mol. The maximum Gasteiger partial charge on any atom is 0.0232 e. The highest BCUT2D eigenvalue weighted by Crippen LogP contribution is 2.18. The van der Waals surface area contributed by atoms with Crippen molar-refractivity contribution in [2.75, 3.05) is 19.6 Å². The minimum atomic E-state index is 0.804. The van der Waals surface area contributed by atoms with E-state index in [-0.39, 0.29) is 0 Å². The molecule has 2 nitrogen and oxygen atoms in total. The van der Waals surface area contributed by atoms with Crippen molar-refractivity contribution in [1.29, 1.82) is 0 Å². The highest BCUT2D eigenvalue weighted by atomic mass is 15.0. The Balaban J connectivity index is 1.97. The third-order valence-electron chi connectivity index (χ3n) is 2.50. The van der Waals surface area contributed by atoms with E-state index >= 15 is 0 Å².